The van der Waals surface area contributed by atoms with Crippen LogP contribution in [0, 0.1) is 0 Å². The number of thiazole rings is 1. The van der Waals surface area contributed by atoms with Crippen LogP contribution in [0.3, 0.4) is 0 Å². The van der Waals surface area contributed by atoms with Gasteiger partial charge >= 0.3 is 0 Å². The number of nitrogens with zero attached hydrogens (tertiary/aromatic N) is 4. The smallest absolute Gasteiger partial charge is 0.251 e. The van der Waals surface area contributed by atoms with Crippen LogP contribution in [0.15, 0.2) is 59.7 Å². The lowest BCUT2D eigenvalue weighted by Gasteiger charge is -2.15. The molecule has 0 unspecified atom stereocenters. The number of aromatic nitrogens is 4. The van der Waals surface area contributed by atoms with Gasteiger partial charge < -0.3 is 15.2 Å². The van der Waals surface area contributed by atoms with Crippen molar-refractivity contribution in [2.24, 2.45) is 0 Å². The minimum Gasteiger partial charge on any atom is -0.342 e. The van der Waals surface area contributed by atoms with Crippen molar-refractivity contribution in [1.29, 1.82) is 0 Å². The Morgan fingerprint density at radius 3 is 2.79 bits per heavy atom. The van der Waals surface area contributed by atoms with Crippen molar-refractivity contribution in [2.75, 3.05) is 11.1 Å². The summed E-state index contributed by atoms with van der Waals surface area (Å²) >= 11 is 2.62. The quantitative estimate of drug-likeness (QED) is 0.401. The summed E-state index contributed by atoms with van der Waals surface area (Å²) in [5, 5.41) is 17.0. The van der Waals surface area contributed by atoms with Crippen LogP contribution in [-0.2, 0) is 11.3 Å². The normalized spacial score (nSPS) is 11.6. The lowest BCUT2D eigenvalue weighted by molar-refractivity contribution is -0.113. The third-order valence-corrected chi connectivity index (χ3v) is 5.49. The van der Waals surface area contributed by atoms with E-state index in [1.807, 2.05) is 29.7 Å². The van der Waals surface area contributed by atoms with Gasteiger partial charge in [0.05, 0.1) is 11.8 Å². The van der Waals surface area contributed by atoms with Crippen molar-refractivity contribution in [3.05, 3.63) is 66.0 Å². The maximum absolute atomic E-state index is 12.4. The Morgan fingerprint density at radius 1 is 1.31 bits per heavy atom. The number of hydrogen-bond donors (Lipinski definition) is 2. The fourth-order valence-electron chi connectivity index (χ4n) is 2.53. The summed E-state index contributed by atoms with van der Waals surface area (Å²) in [7, 11) is 0. The summed E-state index contributed by atoms with van der Waals surface area (Å²) in [4.78, 5) is 28.5. The lowest BCUT2D eigenvalue weighted by Crippen LogP contribution is -2.28. The zero-order valence-corrected chi connectivity index (χ0v) is 17.4. The van der Waals surface area contributed by atoms with E-state index in [0.29, 0.717) is 28.2 Å². The van der Waals surface area contributed by atoms with E-state index < -0.39 is 0 Å². The van der Waals surface area contributed by atoms with Crippen molar-refractivity contribution < 1.29 is 9.59 Å². The number of nitrogens with one attached hydrogen (secondary N) is 2. The van der Waals surface area contributed by atoms with Gasteiger partial charge in [0.15, 0.2) is 16.1 Å². The van der Waals surface area contributed by atoms with Crippen LogP contribution in [-0.4, -0.2) is 37.3 Å². The van der Waals surface area contributed by atoms with Crippen LogP contribution in [0.1, 0.15) is 29.1 Å². The average Bonchev–Trinajstić information content (AvgIpc) is 3.37. The molecule has 0 aliphatic rings. The molecule has 8 nitrogen and oxygen atoms in total. The maximum Gasteiger partial charge on any atom is 0.251 e. The van der Waals surface area contributed by atoms with Gasteiger partial charge in [-0.05, 0) is 19.1 Å². The van der Waals surface area contributed by atoms with Gasteiger partial charge in [0.2, 0.25) is 5.91 Å². The summed E-state index contributed by atoms with van der Waals surface area (Å²) in [5.41, 5.74) is 0.572. The van der Waals surface area contributed by atoms with E-state index in [-0.39, 0.29) is 23.6 Å². The van der Waals surface area contributed by atoms with E-state index in [2.05, 4.69) is 32.4 Å². The van der Waals surface area contributed by atoms with E-state index in [1.54, 1.807) is 29.8 Å². The number of allylic oxidation sites excluding steroid dienone is 1. The molecule has 0 saturated heterocycles. The molecule has 1 atom stereocenters. The molecule has 10 heteroatoms. The van der Waals surface area contributed by atoms with Crippen LogP contribution in [0.25, 0.3) is 0 Å². The molecule has 3 aromatic rings. The molecular weight excluding hydrogens is 408 g/mol. The van der Waals surface area contributed by atoms with Crippen LogP contribution < -0.4 is 10.6 Å². The number of benzene rings is 1. The minimum absolute atomic E-state index is 0.166. The Morgan fingerprint density at radius 2 is 2.10 bits per heavy atom. The first kappa shape index (κ1) is 20.7. The van der Waals surface area contributed by atoms with Gasteiger partial charge in [-0.15, -0.1) is 28.1 Å². The third-order valence-electron chi connectivity index (χ3n) is 3.84. The molecule has 0 radical (unpaired) electrons. The van der Waals surface area contributed by atoms with Crippen molar-refractivity contribution in [3.8, 4) is 0 Å². The van der Waals surface area contributed by atoms with E-state index >= 15 is 0 Å². The molecule has 0 bridgehead atoms. The Hall–Kier alpha value is -2.98. The molecule has 0 aliphatic heterocycles. The summed E-state index contributed by atoms with van der Waals surface area (Å²) in [6.07, 6.45) is 3.35. The lowest BCUT2D eigenvalue weighted by atomic mass is 10.2. The average molecular weight is 429 g/mol. The SMILES string of the molecule is C=CCn1c(SCC(=O)Nc2nccs2)nnc1[C@@H](C)NC(=O)c1ccccc1. The number of carbonyl (C=O) groups excluding carboxylic acids is 2. The fraction of sp³-hybridized carbons (Fsp3) is 0.211. The van der Waals surface area contributed by atoms with Crippen LogP contribution in [0.5, 0.6) is 0 Å². The number of rotatable bonds is 9. The molecule has 29 heavy (non-hydrogen) atoms. The summed E-state index contributed by atoms with van der Waals surface area (Å²) < 4.78 is 1.84. The van der Waals surface area contributed by atoms with Gasteiger partial charge in [0.1, 0.15) is 0 Å². The first-order valence-electron chi connectivity index (χ1n) is 8.80. The van der Waals surface area contributed by atoms with Crippen molar-refractivity contribution in [3.63, 3.8) is 0 Å². The van der Waals surface area contributed by atoms with E-state index in [9.17, 15) is 9.59 Å². The largest absolute Gasteiger partial charge is 0.342 e. The Balaban J connectivity index is 1.66. The minimum atomic E-state index is -0.367. The van der Waals surface area contributed by atoms with Crippen LogP contribution in [0.4, 0.5) is 5.13 Å². The Bertz CT molecular complexity index is 972. The molecule has 2 N–H and O–H groups in total. The number of hydrogen-bond acceptors (Lipinski definition) is 7. The van der Waals surface area contributed by atoms with E-state index in [4.69, 9.17) is 0 Å². The highest BCUT2D eigenvalue weighted by Gasteiger charge is 2.20. The number of anilines is 1. The predicted octanol–water partition coefficient (Wildman–Crippen LogP) is 3.14. The molecule has 0 aliphatic carbocycles. The van der Waals surface area contributed by atoms with Gasteiger partial charge in [0.25, 0.3) is 5.91 Å². The molecule has 0 saturated carbocycles. The predicted molar refractivity (Wildman–Crippen MR) is 114 cm³/mol. The topological polar surface area (TPSA) is 102 Å². The number of thioether (sulfide) groups is 1. The number of carbonyl (C=O) groups is 2. The van der Waals surface area contributed by atoms with Gasteiger partial charge in [-0.2, -0.15) is 0 Å². The monoisotopic (exact) mass is 428 g/mol. The van der Waals surface area contributed by atoms with Gasteiger partial charge in [-0.3, -0.25) is 9.59 Å². The van der Waals surface area contributed by atoms with Gasteiger partial charge in [-0.1, -0.05) is 36.0 Å². The first-order valence-corrected chi connectivity index (χ1v) is 10.7. The maximum atomic E-state index is 12.4. The van der Waals surface area contributed by atoms with E-state index in [0.717, 1.165) is 0 Å². The highest BCUT2D eigenvalue weighted by molar-refractivity contribution is 7.99. The molecule has 3 rings (SSSR count). The molecule has 0 fully saturated rings. The molecule has 150 valence electrons. The molecule has 0 spiro atoms. The highest BCUT2D eigenvalue weighted by atomic mass is 32.2. The molecular formula is C19H20N6O2S2. The van der Waals surface area contributed by atoms with Crippen molar-refractivity contribution >= 4 is 40.0 Å². The summed E-state index contributed by atoms with van der Waals surface area (Å²) in [6, 6.07) is 8.61. The summed E-state index contributed by atoms with van der Waals surface area (Å²) in [6.45, 7) is 6.08. The second-order valence-corrected chi connectivity index (χ2v) is 7.81. The highest BCUT2D eigenvalue weighted by Crippen LogP contribution is 2.21. The van der Waals surface area contributed by atoms with Crippen molar-refractivity contribution in [2.45, 2.75) is 24.7 Å². The standard InChI is InChI=1S/C19H20N6O2S2/c1-3-10-25-16(13(2)21-17(27)14-7-5-4-6-8-14)23-24-19(25)29-12-15(26)22-18-20-9-11-28-18/h3-9,11,13H,1,10,12H2,2H3,(H,21,27)(H,20,22,26)/t13-/m1/s1. The van der Waals surface area contributed by atoms with Crippen LogP contribution in [0.2, 0.25) is 0 Å². The summed E-state index contributed by atoms with van der Waals surface area (Å²) in [5.74, 6) is 0.393. The van der Waals surface area contributed by atoms with Gasteiger partial charge in [-0.25, -0.2) is 4.98 Å². The first-order chi connectivity index (χ1) is 14.1. The zero-order chi connectivity index (χ0) is 20.6. The zero-order valence-electron chi connectivity index (χ0n) is 15.7. The third kappa shape index (κ3) is 5.52. The van der Waals surface area contributed by atoms with Gasteiger partial charge in [0, 0.05) is 23.7 Å². The molecule has 1 aromatic carbocycles. The fourth-order valence-corrected chi connectivity index (χ4v) is 3.83. The Kier molecular flexibility index (Phi) is 7.14. The second kappa shape index (κ2) is 9.99. The van der Waals surface area contributed by atoms with E-state index in [1.165, 1.54) is 23.1 Å². The Labute approximate surface area is 176 Å². The molecule has 2 amide bonds. The van der Waals surface area contributed by atoms with Crippen molar-refractivity contribution in [1.82, 2.24) is 25.1 Å². The number of amides is 2. The van der Waals surface area contributed by atoms with Crippen LogP contribution >= 0.6 is 23.1 Å². The second-order valence-electron chi connectivity index (χ2n) is 5.98. The molecule has 2 aromatic heterocycles. The molecule has 2 heterocycles.